The number of sulfone groups is 1. The van der Waals surface area contributed by atoms with E-state index in [2.05, 4.69) is 12.2 Å². The van der Waals surface area contributed by atoms with Crippen molar-refractivity contribution < 1.29 is 33.0 Å². The molecule has 0 aromatic heterocycles. The zero-order chi connectivity index (χ0) is 27.2. The fourth-order valence-corrected chi connectivity index (χ4v) is 7.21. The van der Waals surface area contributed by atoms with Crippen LogP contribution in [0.2, 0.25) is 0 Å². The maximum atomic E-state index is 13.9. The highest BCUT2D eigenvalue weighted by molar-refractivity contribution is 7.91. The smallest absolute Gasteiger partial charge is 0.317 e. The number of halogens is 1. The van der Waals surface area contributed by atoms with Gasteiger partial charge in [-0.3, -0.25) is 19.8 Å². The quantitative estimate of drug-likeness (QED) is 0.348. The van der Waals surface area contributed by atoms with Gasteiger partial charge in [-0.1, -0.05) is 57.0 Å². The number of unbranched alkanes of at least 4 members (excludes halogenated alkanes) is 1. The molecule has 0 fully saturated rings. The van der Waals surface area contributed by atoms with E-state index >= 15 is 0 Å². The van der Waals surface area contributed by atoms with Crippen LogP contribution in [0.5, 0.6) is 5.75 Å². The number of fused-ring (bicyclic) bond motifs is 1. The van der Waals surface area contributed by atoms with Gasteiger partial charge in [0.25, 0.3) is 0 Å². The fourth-order valence-electron chi connectivity index (χ4n) is 5.03. The van der Waals surface area contributed by atoms with E-state index in [0.717, 1.165) is 18.4 Å². The summed E-state index contributed by atoms with van der Waals surface area (Å²) in [4.78, 5) is 24.1. The van der Waals surface area contributed by atoms with E-state index in [1.807, 2.05) is 37.3 Å². The van der Waals surface area contributed by atoms with E-state index in [1.54, 1.807) is 6.07 Å². The Labute approximate surface area is 230 Å². The minimum atomic E-state index is -3.77. The Hall–Kier alpha value is -2.66. The Bertz CT molecular complexity index is 1210. The van der Waals surface area contributed by atoms with Crippen molar-refractivity contribution in [1.82, 2.24) is 10.2 Å². The summed E-state index contributed by atoms with van der Waals surface area (Å²) >= 11 is 0. The van der Waals surface area contributed by atoms with Crippen LogP contribution in [0.15, 0.2) is 47.4 Å². The van der Waals surface area contributed by atoms with E-state index in [-0.39, 0.29) is 29.6 Å². The normalized spacial score (nSPS) is 20.2. The van der Waals surface area contributed by atoms with Gasteiger partial charge < -0.3 is 14.9 Å². The van der Waals surface area contributed by atoms with Crippen molar-refractivity contribution >= 4 is 34.2 Å². The molecule has 1 aliphatic heterocycles. The third kappa shape index (κ3) is 7.47. The summed E-state index contributed by atoms with van der Waals surface area (Å²) < 4.78 is 33.5. The first-order valence-electron chi connectivity index (χ1n) is 12.5. The molecule has 0 amide bonds. The number of hydrogen-bond donors (Lipinski definition) is 3. The molecule has 11 heteroatoms. The van der Waals surface area contributed by atoms with Crippen LogP contribution < -0.4 is 10.1 Å². The third-order valence-electron chi connectivity index (χ3n) is 6.91. The minimum absolute atomic E-state index is 0. The van der Waals surface area contributed by atoms with Crippen LogP contribution in [-0.2, 0) is 26.0 Å². The number of methoxy groups -OCH3 is 1. The van der Waals surface area contributed by atoms with Gasteiger partial charge >= 0.3 is 11.9 Å². The number of carbonyl (C=O) groups is 2. The van der Waals surface area contributed by atoms with Gasteiger partial charge in [-0.15, -0.1) is 12.4 Å². The molecule has 1 heterocycles. The molecule has 0 radical (unpaired) electrons. The molecular formula is C27H37ClN2O7S. The number of ether oxygens (including phenoxy) is 1. The SMILES string of the molecule is CCCC[C@]1(CC)CS(=O)(=O)c2cc(CN(CC(=O)O)CC(=O)O)c(OC)cc2[C@@H](c2ccccc2)N1.Cl. The molecular weight excluding hydrogens is 532 g/mol. The Morgan fingerprint density at radius 3 is 2.26 bits per heavy atom. The molecule has 0 saturated heterocycles. The van der Waals surface area contributed by atoms with Crippen LogP contribution in [0.1, 0.15) is 62.3 Å². The predicted octanol–water partition coefficient (Wildman–Crippen LogP) is 3.89. The topological polar surface area (TPSA) is 133 Å². The van der Waals surface area contributed by atoms with Crippen molar-refractivity contribution in [2.45, 2.75) is 62.6 Å². The van der Waals surface area contributed by atoms with Crippen LogP contribution in [-0.4, -0.2) is 67.0 Å². The molecule has 2 aromatic rings. The number of carboxylic acids is 2. The van der Waals surface area contributed by atoms with Gasteiger partial charge in [0.15, 0.2) is 9.84 Å². The Morgan fingerprint density at radius 2 is 1.74 bits per heavy atom. The lowest BCUT2D eigenvalue weighted by Crippen LogP contribution is -2.50. The van der Waals surface area contributed by atoms with Crippen LogP contribution in [0.25, 0.3) is 0 Å². The molecule has 0 spiro atoms. The molecule has 2 aromatic carbocycles. The lowest BCUT2D eigenvalue weighted by atomic mass is 9.88. The number of rotatable bonds is 12. The first-order valence-corrected chi connectivity index (χ1v) is 14.1. The largest absolute Gasteiger partial charge is 0.496 e. The Kier molecular flexibility index (Phi) is 11.1. The minimum Gasteiger partial charge on any atom is -0.496 e. The molecule has 38 heavy (non-hydrogen) atoms. The van der Waals surface area contributed by atoms with Gasteiger partial charge in [-0.05, 0) is 36.1 Å². The van der Waals surface area contributed by atoms with E-state index in [4.69, 9.17) is 4.74 Å². The van der Waals surface area contributed by atoms with Gasteiger partial charge in [0.1, 0.15) is 5.75 Å². The Balaban J connectivity index is 0.00000507. The standard InChI is InChI=1S/C27H36N2O7S.ClH/c1-4-6-12-27(5-2)18-37(34,35)23-13-20(15-29(16-24(30)31)17-25(32)33)22(36-3)14-21(23)26(28-27)19-10-8-7-9-11-19;/h7-11,13-14,26,28H,4-6,12,15-18H2,1-3H3,(H,30,31)(H,32,33);1H/t26-,27-;/m1./s1. The second-order valence-corrected chi connectivity index (χ2v) is 11.6. The lowest BCUT2D eigenvalue weighted by molar-refractivity contribution is -0.142. The van der Waals surface area contributed by atoms with Gasteiger partial charge in [-0.25, -0.2) is 8.42 Å². The maximum absolute atomic E-state index is 13.9. The average molecular weight is 569 g/mol. The molecule has 0 aliphatic carbocycles. The van der Waals surface area contributed by atoms with Gasteiger partial charge in [0, 0.05) is 17.6 Å². The van der Waals surface area contributed by atoms with Gasteiger partial charge in [0.2, 0.25) is 0 Å². The lowest BCUT2D eigenvalue weighted by Gasteiger charge is -2.36. The summed E-state index contributed by atoms with van der Waals surface area (Å²) in [7, 11) is -2.31. The van der Waals surface area contributed by atoms with Crippen LogP contribution >= 0.6 is 12.4 Å². The average Bonchev–Trinajstić information content (AvgIpc) is 2.94. The highest BCUT2D eigenvalue weighted by Gasteiger charge is 2.42. The zero-order valence-electron chi connectivity index (χ0n) is 22.0. The summed E-state index contributed by atoms with van der Waals surface area (Å²) in [6.45, 7) is 2.96. The van der Waals surface area contributed by atoms with Crippen molar-refractivity contribution in [3.8, 4) is 5.75 Å². The van der Waals surface area contributed by atoms with Crippen molar-refractivity contribution in [3.05, 3.63) is 59.2 Å². The monoisotopic (exact) mass is 568 g/mol. The molecule has 0 unspecified atom stereocenters. The van der Waals surface area contributed by atoms with E-state index in [0.29, 0.717) is 29.7 Å². The number of nitrogens with zero attached hydrogens (tertiary/aromatic N) is 1. The maximum Gasteiger partial charge on any atom is 0.317 e. The summed E-state index contributed by atoms with van der Waals surface area (Å²) in [6, 6.07) is 12.5. The van der Waals surface area contributed by atoms with Gasteiger partial charge in [0.05, 0.1) is 36.9 Å². The number of carboxylic acid groups (broad SMARTS) is 2. The Morgan fingerprint density at radius 1 is 1.11 bits per heavy atom. The molecule has 9 nitrogen and oxygen atoms in total. The summed E-state index contributed by atoms with van der Waals surface area (Å²) in [5.74, 6) is -2.07. The van der Waals surface area contributed by atoms with Crippen molar-refractivity contribution in [2.24, 2.45) is 0 Å². The highest BCUT2D eigenvalue weighted by Crippen LogP contribution is 2.41. The summed E-state index contributed by atoms with van der Waals surface area (Å²) in [6.07, 6.45) is 3.14. The second kappa shape index (κ2) is 13.4. The zero-order valence-corrected chi connectivity index (χ0v) is 23.6. The molecule has 3 rings (SSSR count). The van der Waals surface area contributed by atoms with Crippen LogP contribution in [0.3, 0.4) is 0 Å². The van der Waals surface area contributed by atoms with E-state index in [1.165, 1.54) is 18.1 Å². The number of benzene rings is 2. The van der Waals surface area contributed by atoms with Crippen LogP contribution in [0.4, 0.5) is 0 Å². The summed E-state index contributed by atoms with van der Waals surface area (Å²) in [5, 5.41) is 22.2. The number of aliphatic carboxylic acids is 2. The van der Waals surface area contributed by atoms with Crippen molar-refractivity contribution in [2.75, 3.05) is 26.0 Å². The molecule has 210 valence electrons. The number of nitrogens with one attached hydrogen (secondary N) is 1. The molecule has 3 N–H and O–H groups in total. The molecule has 0 saturated carbocycles. The summed E-state index contributed by atoms with van der Waals surface area (Å²) in [5.41, 5.74) is 1.25. The van der Waals surface area contributed by atoms with E-state index < -0.39 is 46.4 Å². The predicted molar refractivity (Wildman–Crippen MR) is 147 cm³/mol. The first-order chi connectivity index (χ1) is 17.5. The van der Waals surface area contributed by atoms with Crippen molar-refractivity contribution in [3.63, 3.8) is 0 Å². The molecule has 2 atom stereocenters. The third-order valence-corrected chi connectivity index (χ3v) is 8.86. The highest BCUT2D eigenvalue weighted by atomic mass is 35.5. The van der Waals surface area contributed by atoms with Gasteiger partial charge in [-0.2, -0.15) is 0 Å². The second-order valence-electron chi connectivity index (χ2n) is 9.62. The molecule has 1 aliphatic rings. The van der Waals surface area contributed by atoms with Crippen molar-refractivity contribution in [1.29, 1.82) is 0 Å². The molecule has 0 bridgehead atoms. The number of hydrogen-bond acceptors (Lipinski definition) is 7. The van der Waals surface area contributed by atoms with E-state index in [9.17, 15) is 28.2 Å². The first kappa shape index (κ1) is 31.6. The fraction of sp³-hybridized carbons (Fsp3) is 0.481. The van der Waals surface area contributed by atoms with Crippen LogP contribution in [0, 0.1) is 0 Å².